The molecule has 6 nitrogen and oxygen atoms in total. The van der Waals surface area contributed by atoms with Crippen molar-refractivity contribution in [2.24, 2.45) is 10.4 Å². The van der Waals surface area contributed by atoms with Gasteiger partial charge in [0.05, 0.1) is 6.54 Å². The smallest absolute Gasteiger partial charge is 0.251 e. The molecule has 0 radical (unpaired) electrons. The third kappa shape index (κ3) is 8.77. The Morgan fingerprint density at radius 3 is 2.32 bits per heavy atom. The number of benzene rings is 1. The summed E-state index contributed by atoms with van der Waals surface area (Å²) in [6, 6.07) is 7.56. The zero-order chi connectivity index (χ0) is 20.1. The fourth-order valence-corrected chi connectivity index (χ4v) is 3.04. The summed E-state index contributed by atoms with van der Waals surface area (Å²) in [5.74, 6) is 0.693. The van der Waals surface area contributed by atoms with Crippen LogP contribution in [0, 0.1) is 5.41 Å². The molecule has 7 heteroatoms. The second kappa shape index (κ2) is 14.6. The molecule has 0 bridgehead atoms. The minimum atomic E-state index is -0.0620. The fourth-order valence-electron chi connectivity index (χ4n) is 3.04. The molecule has 28 heavy (non-hydrogen) atoms. The molecule has 1 aromatic carbocycles. The fraction of sp³-hybridized carbons (Fsp3) is 0.619. The summed E-state index contributed by atoms with van der Waals surface area (Å²) in [6.45, 7) is 11.1. The van der Waals surface area contributed by atoms with Crippen LogP contribution in [0.15, 0.2) is 29.3 Å². The summed E-state index contributed by atoms with van der Waals surface area (Å²) in [4.78, 5) is 16.6. The van der Waals surface area contributed by atoms with Crippen molar-refractivity contribution in [3.63, 3.8) is 0 Å². The lowest BCUT2D eigenvalue weighted by Crippen LogP contribution is -2.43. The molecule has 1 aromatic rings. The summed E-state index contributed by atoms with van der Waals surface area (Å²) in [6.07, 6.45) is 2.79. The molecule has 0 aliphatic carbocycles. The minimum absolute atomic E-state index is 0. The van der Waals surface area contributed by atoms with Crippen molar-refractivity contribution >= 4 is 35.8 Å². The van der Waals surface area contributed by atoms with Gasteiger partial charge in [0.25, 0.3) is 5.91 Å². The van der Waals surface area contributed by atoms with Gasteiger partial charge in [-0.05, 0) is 56.2 Å². The second-order valence-corrected chi connectivity index (χ2v) is 6.79. The predicted octanol–water partition coefficient (Wildman–Crippen LogP) is 3.30. The molecule has 0 unspecified atom stereocenters. The lowest BCUT2D eigenvalue weighted by Gasteiger charge is -2.32. The van der Waals surface area contributed by atoms with Crippen molar-refractivity contribution < 1.29 is 9.90 Å². The molecule has 0 aliphatic heterocycles. The van der Waals surface area contributed by atoms with Crippen LogP contribution < -0.4 is 16.0 Å². The molecule has 0 atom stereocenters. The van der Waals surface area contributed by atoms with Crippen LogP contribution in [-0.4, -0.2) is 43.2 Å². The second-order valence-electron chi connectivity index (χ2n) is 6.79. The maximum Gasteiger partial charge on any atom is 0.251 e. The first-order valence-corrected chi connectivity index (χ1v) is 10.0. The van der Waals surface area contributed by atoms with Crippen molar-refractivity contribution in [2.75, 3.05) is 26.2 Å². The molecule has 0 spiro atoms. The van der Waals surface area contributed by atoms with Crippen LogP contribution in [0.4, 0.5) is 0 Å². The Morgan fingerprint density at radius 2 is 1.75 bits per heavy atom. The van der Waals surface area contributed by atoms with Gasteiger partial charge in [0, 0.05) is 31.8 Å². The van der Waals surface area contributed by atoms with Gasteiger partial charge in [0.1, 0.15) is 0 Å². The molecule has 0 heterocycles. The van der Waals surface area contributed by atoms with E-state index in [1.807, 2.05) is 38.1 Å². The predicted molar refractivity (Wildman–Crippen MR) is 127 cm³/mol. The molecular weight excluding hydrogens is 467 g/mol. The highest BCUT2D eigenvalue weighted by Gasteiger charge is 2.25. The van der Waals surface area contributed by atoms with Gasteiger partial charge in [-0.3, -0.25) is 4.79 Å². The molecule has 0 aliphatic rings. The van der Waals surface area contributed by atoms with Crippen LogP contribution in [0.2, 0.25) is 0 Å². The Kier molecular flexibility index (Phi) is 13.9. The van der Waals surface area contributed by atoms with Crippen molar-refractivity contribution in [2.45, 2.75) is 53.5 Å². The largest absolute Gasteiger partial charge is 0.396 e. The first-order chi connectivity index (χ1) is 13.0. The average Bonchev–Trinajstić information content (AvgIpc) is 2.69. The number of guanidine groups is 1. The number of carbonyl (C=O) groups is 1. The number of aliphatic imine (C=N–C) groups is 1. The van der Waals surface area contributed by atoms with Crippen LogP contribution in [0.5, 0.6) is 0 Å². The number of rotatable bonds is 11. The number of halogens is 1. The SMILES string of the molecule is CCNC(=O)c1cccc(CN=C(NCC)NCC(CC)(CC)CCO)c1.I. The van der Waals surface area contributed by atoms with E-state index in [1.54, 1.807) is 0 Å². The number of hydrogen-bond donors (Lipinski definition) is 4. The van der Waals surface area contributed by atoms with E-state index >= 15 is 0 Å². The van der Waals surface area contributed by atoms with Crippen LogP contribution in [0.1, 0.15) is 62.9 Å². The van der Waals surface area contributed by atoms with E-state index in [1.165, 1.54) is 0 Å². The Labute approximate surface area is 187 Å². The molecule has 0 aromatic heterocycles. The van der Waals surface area contributed by atoms with Gasteiger partial charge in [-0.2, -0.15) is 0 Å². The zero-order valence-electron chi connectivity index (χ0n) is 17.7. The van der Waals surface area contributed by atoms with E-state index in [9.17, 15) is 9.90 Å². The van der Waals surface area contributed by atoms with Gasteiger partial charge in [-0.1, -0.05) is 26.0 Å². The highest BCUT2D eigenvalue weighted by Crippen LogP contribution is 2.29. The highest BCUT2D eigenvalue weighted by atomic mass is 127. The number of hydrogen-bond acceptors (Lipinski definition) is 3. The van der Waals surface area contributed by atoms with Crippen molar-refractivity contribution in [1.82, 2.24) is 16.0 Å². The van der Waals surface area contributed by atoms with Crippen LogP contribution in [-0.2, 0) is 6.54 Å². The molecule has 0 saturated carbocycles. The van der Waals surface area contributed by atoms with Crippen LogP contribution in [0.3, 0.4) is 0 Å². The molecule has 1 amide bonds. The summed E-state index contributed by atoms with van der Waals surface area (Å²) in [7, 11) is 0. The number of amides is 1. The monoisotopic (exact) mass is 504 g/mol. The van der Waals surface area contributed by atoms with Gasteiger partial charge in [-0.15, -0.1) is 24.0 Å². The minimum Gasteiger partial charge on any atom is -0.396 e. The number of carbonyl (C=O) groups excluding carboxylic acids is 1. The molecule has 4 N–H and O–H groups in total. The molecule has 0 fully saturated rings. The lowest BCUT2D eigenvalue weighted by atomic mass is 9.79. The molecule has 160 valence electrons. The Hall–Kier alpha value is -1.35. The van der Waals surface area contributed by atoms with E-state index < -0.39 is 0 Å². The van der Waals surface area contributed by atoms with E-state index in [-0.39, 0.29) is 41.9 Å². The van der Waals surface area contributed by atoms with Gasteiger partial charge < -0.3 is 21.1 Å². The van der Waals surface area contributed by atoms with Crippen LogP contribution in [0.25, 0.3) is 0 Å². The summed E-state index contributed by atoms with van der Waals surface area (Å²) in [5.41, 5.74) is 1.72. The molecule has 0 saturated heterocycles. The standard InChI is InChI=1S/C21H36N4O2.HI/c1-5-21(6-2,12-13-26)16-25-20(23-8-4)24-15-17-10-9-11-18(14-17)19(27)22-7-3;/h9-11,14,26H,5-8,12-13,15-16H2,1-4H3,(H,22,27)(H2,23,24,25);1H. The first kappa shape index (κ1) is 26.6. The quantitative estimate of drug-likeness (QED) is 0.212. The number of nitrogens with zero attached hydrogens (tertiary/aromatic N) is 1. The lowest BCUT2D eigenvalue weighted by molar-refractivity contribution is 0.0955. The third-order valence-electron chi connectivity index (χ3n) is 5.06. The van der Waals surface area contributed by atoms with E-state index in [0.717, 1.165) is 43.9 Å². The first-order valence-electron chi connectivity index (χ1n) is 10.0. The Balaban J connectivity index is 0.00000729. The van der Waals surface area contributed by atoms with Gasteiger partial charge in [0.15, 0.2) is 5.96 Å². The van der Waals surface area contributed by atoms with E-state index in [2.05, 4.69) is 34.8 Å². The summed E-state index contributed by atoms with van der Waals surface area (Å²) >= 11 is 0. The van der Waals surface area contributed by atoms with E-state index in [0.29, 0.717) is 18.7 Å². The van der Waals surface area contributed by atoms with Crippen LogP contribution >= 0.6 is 24.0 Å². The van der Waals surface area contributed by atoms with E-state index in [4.69, 9.17) is 0 Å². The zero-order valence-corrected chi connectivity index (χ0v) is 20.0. The number of aliphatic hydroxyl groups is 1. The highest BCUT2D eigenvalue weighted by molar-refractivity contribution is 14.0. The topological polar surface area (TPSA) is 85.8 Å². The Bertz CT molecular complexity index is 604. The summed E-state index contributed by atoms with van der Waals surface area (Å²) in [5, 5.41) is 18.9. The van der Waals surface area contributed by atoms with Gasteiger partial charge in [-0.25, -0.2) is 4.99 Å². The maximum absolute atomic E-state index is 12.0. The average molecular weight is 504 g/mol. The molecular formula is C21H37IN4O2. The Morgan fingerprint density at radius 1 is 1.07 bits per heavy atom. The third-order valence-corrected chi connectivity index (χ3v) is 5.06. The summed E-state index contributed by atoms with van der Waals surface area (Å²) < 4.78 is 0. The normalized spacial score (nSPS) is 11.5. The number of aliphatic hydroxyl groups excluding tert-OH is 1. The maximum atomic E-state index is 12.0. The van der Waals surface area contributed by atoms with Crippen molar-refractivity contribution in [3.05, 3.63) is 35.4 Å². The van der Waals surface area contributed by atoms with Crippen molar-refractivity contribution in [1.29, 1.82) is 0 Å². The van der Waals surface area contributed by atoms with Crippen molar-refractivity contribution in [3.8, 4) is 0 Å². The van der Waals surface area contributed by atoms with Gasteiger partial charge in [0.2, 0.25) is 0 Å². The molecule has 1 rings (SSSR count). The van der Waals surface area contributed by atoms with Gasteiger partial charge >= 0.3 is 0 Å². The number of nitrogens with one attached hydrogen (secondary N) is 3.